The summed E-state index contributed by atoms with van der Waals surface area (Å²) in [5.41, 5.74) is 0.283. The Labute approximate surface area is 79.5 Å². The van der Waals surface area contributed by atoms with Crippen LogP contribution in [0.3, 0.4) is 0 Å². The van der Waals surface area contributed by atoms with Gasteiger partial charge in [0.25, 0.3) is 0 Å². The minimum atomic E-state index is 0.248. The first-order valence-corrected chi connectivity index (χ1v) is 5.23. The van der Waals surface area contributed by atoms with Crippen LogP contribution in [-0.4, -0.2) is 37.0 Å². The number of hydrogen-bond acceptors (Lipinski definition) is 2. The van der Waals surface area contributed by atoms with Gasteiger partial charge in [-0.15, -0.1) is 0 Å². The first kappa shape index (κ1) is 9.00. The van der Waals surface area contributed by atoms with Gasteiger partial charge in [0.05, 0.1) is 0 Å². The van der Waals surface area contributed by atoms with Gasteiger partial charge < -0.3 is 10.2 Å². The second-order valence-corrected chi connectivity index (χ2v) is 4.43. The SMILES string of the molecule is CCN1CCC[C@@]2(CNC(=O)C2)C1. The van der Waals surface area contributed by atoms with Gasteiger partial charge in [-0.2, -0.15) is 0 Å². The predicted octanol–water partition coefficient (Wildman–Crippen LogP) is 0.608. The molecule has 0 aromatic rings. The zero-order valence-electron chi connectivity index (χ0n) is 8.31. The molecule has 0 unspecified atom stereocenters. The summed E-state index contributed by atoms with van der Waals surface area (Å²) in [7, 11) is 0. The highest BCUT2D eigenvalue weighted by Gasteiger charge is 2.41. The molecular weight excluding hydrogens is 164 g/mol. The molecule has 1 amide bonds. The second kappa shape index (κ2) is 3.29. The van der Waals surface area contributed by atoms with Crippen LogP contribution in [0.2, 0.25) is 0 Å². The Bertz CT molecular complexity index is 217. The van der Waals surface area contributed by atoms with Crippen LogP contribution in [0.1, 0.15) is 26.2 Å². The van der Waals surface area contributed by atoms with E-state index in [0.29, 0.717) is 0 Å². The summed E-state index contributed by atoms with van der Waals surface area (Å²) >= 11 is 0. The molecule has 2 aliphatic heterocycles. The van der Waals surface area contributed by atoms with Gasteiger partial charge in [0.2, 0.25) is 5.91 Å². The summed E-state index contributed by atoms with van der Waals surface area (Å²) in [6.07, 6.45) is 3.23. The van der Waals surface area contributed by atoms with Crippen molar-refractivity contribution in [2.45, 2.75) is 26.2 Å². The van der Waals surface area contributed by atoms with E-state index in [1.807, 2.05) is 0 Å². The van der Waals surface area contributed by atoms with Crippen LogP contribution in [0.15, 0.2) is 0 Å². The molecule has 3 nitrogen and oxygen atoms in total. The number of nitrogens with zero attached hydrogens (tertiary/aromatic N) is 1. The summed E-state index contributed by atoms with van der Waals surface area (Å²) in [6, 6.07) is 0. The largest absolute Gasteiger partial charge is 0.355 e. The molecule has 0 aromatic heterocycles. The molecule has 2 rings (SSSR count). The maximum atomic E-state index is 11.2. The zero-order chi connectivity index (χ0) is 9.31. The Morgan fingerprint density at radius 3 is 3.08 bits per heavy atom. The van der Waals surface area contributed by atoms with Gasteiger partial charge in [-0.1, -0.05) is 6.92 Å². The number of piperidine rings is 1. The van der Waals surface area contributed by atoms with E-state index in [1.165, 1.54) is 19.4 Å². The van der Waals surface area contributed by atoms with Crippen LogP contribution < -0.4 is 5.32 Å². The van der Waals surface area contributed by atoms with Gasteiger partial charge in [0.15, 0.2) is 0 Å². The van der Waals surface area contributed by atoms with E-state index in [0.717, 1.165) is 26.1 Å². The van der Waals surface area contributed by atoms with Gasteiger partial charge in [-0.3, -0.25) is 4.79 Å². The fourth-order valence-electron chi connectivity index (χ4n) is 2.62. The van der Waals surface area contributed by atoms with Gasteiger partial charge in [0.1, 0.15) is 0 Å². The van der Waals surface area contributed by atoms with Crippen molar-refractivity contribution >= 4 is 5.91 Å². The van der Waals surface area contributed by atoms with Crippen molar-refractivity contribution in [1.29, 1.82) is 0 Å². The standard InChI is InChI=1S/C10H18N2O/c1-2-12-5-3-4-10(8-12)6-9(13)11-7-10/h2-8H2,1H3,(H,11,13)/t10-/m1/s1. The lowest BCUT2D eigenvalue weighted by Crippen LogP contribution is -2.44. The highest BCUT2D eigenvalue weighted by Crippen LogP contribution is 2.35. The van der Waals surface area contributed by atoms with E-state index in [-0.39, 0.29) is 11.3 Å². The lowest BCUT2D eigenvalue weighted by Gasteiger charge is -2.38. The van der Waals surface area contributed by atoms with E-state index in [2.05, 4.69) is 17.1 Å². The molecule has 2 saturated heterocycles. The van der Waals surface area contributed by atoms with Crippen molar-refractivity contribution < 1.29 is 4.79 Å². The second-order valence-electron chi connectivity index (χ2n) is 4.43. The molecule has 0 radical (unpaired) electrons. The van der Waals surface area contributed by atoms with Crippen LogP contribution in [-0.2, 0) is 4.79 Å². The lowest BCUT2D eigenvalue weighted by molar-refractivity contribution is -0.119. The third-order valence-corrected chi connectivity index (χ3v) is 3.38. The lowest BCUT2D eigenvalue weighted by atomic mass is 9.79. The minimum absolute atomic E-state index is 0.248. The summed E-state index contributed by atoms with van der Waals surface area (Å²) in [5.74, 6) is 0.248. The first-order chi connectivity index (χ1) is 6.24. The van der Waals surface area contributed by atoms with Crippen molar-refractivity contribution in [1.82, 2.24) is 10.2 Å². The zero-order valence-corrected chi connectivity index (χ0v) is 8.31. The van der Waals surface area contributed by atoms with Gasteiger partial charge in [-0.05, 0) is 25.9 Å². The minimum Gasteiger partial charge on any atom is -0.355 e. The molecule has 2 fully saturated rings. The molecule has 74 valence electrons. The quantitative estimate of drug-likeness (QED) is 0.644. The van der Waals surface area contributed by atoms with Crippen molar-refractivity contribution in [3.63, 3.8) is 0 Å². The predicted molar refractivity (Wildman–Crippen MR) is 51.4 cm³/mol. The normalized spacial score (nSPS) is 35.3. The number of carbonyl (C=O) groups excluding carboxylic acids is 1. The molecular formula is C10H18N2O. The number of carbonyl (C=O) groups is 1. The monoisotopic (exact) mass is 182 g/mol. The highest BCUT2D eigenvalue weighted by atomic mass is 16.1. The van der Waals surface area contributed by atoms with Crippen LogP contribution in [0.5, 0.6) is 0 Å². The molecule has 1 N–H and O–H groups in total. The molecule has 1 atom stereocenters. The van der Waals surface area contributed by atoms with Crippen LogP contribution in [0.4, 0.5) is 0 Å². The van der Waals surface area contributed by atoms with E-state index in [9.17, 15) is 4.79 Å². The number of hydrogen-bond donors (Lipinski definition) is 1. The topological polar surface area (TPSA) is 32.3 Å². The smallest absolute Gasteiger partial charge is 0.220 e. The third-order valence-electron chi connectivity index (χ3n) is 3.38. The highest BCUT2D eigenvalue weighted by molar-refractivity contribution is 5.79. The molecule has 0 bridgehead atoms. The molecule has 0 aliphatic carbocycles. The number of nitrogens with one attached hydrogen (secondary N) is 1. The number of likely N-dealkylation sites (tertiary alicyclic amines) is 1. The molecule has 1 spiro atoms. The molecule has 2 heterocycles. The molecule has 0 aromatic carbocycles. The fraction of sp³-hybridized carbons (Fsp3) is 0.900. The summed E-state index contributed by atoms with van der Waals surface area (Å²) in [4.78, 5) is 13.6. The average Bonchev–Trinajstić information content (AvgIpc) is 2.47. The number of rotatable bonds is 1. The summed E-state index contributed by atoms with van der Waals surface area (Å²) < 4.78 is 0. The molecule has 2 aliphatic rings. The number of amides is 1. The van der Waals surface area contributed by atoms with E-state index >= 15 is 0 Å². The van der Waals surface area contributed by atoms with E-state index in [1.54, 1.807) is 0 Å². The molecule has 0 saturated carbocycles. The maximum absolute atomic E-state index is 11.2. The molecule has 3 heteroatoms. The van der Waals surface area contributed by atoms with Crippen LogP contribution >= 0.6 is 0 Å². The Morgan fingerprint density at radius 2 is 2.46 bits per heavy atom. The van der Waals surface area contributed by atoms with E-state index in [4.69, 9.17) is 0 Å². The maximum Gasteiger partial charge on any atom is 0.220 e. The van der Waals surface area contributed by atoms with Crippen molar-refractivity contribution in [2.24, 2.45) is 5.41 Å². The van der Waals surface area contributed by atoms with Crippen molar-refractivity contribution in [3.8, 4) is 0 Å². The Balaban J connectivity index is 2.02. The Kier molecular flexibility index (Phi) is 2.28. The first-order valence-electron chi connectivity index (χ1n) is 5.23. The van der Waals surface area contributed by atoms with E-state index < -0.39 is 0 Å². The Hall–Kier alpha value is -0.570. The van der Waals surface area contributed by atoms with Crippen molar-refractivity contribution in [2.75, 3.05) is 26.2 Å². The van der Waals surface area contributed by atoms with Gasteiger partial charge in [0, 0.05) is 24.9 Å². The molecule has 13 heavy (non-hydrogen) atoms. The Morgan fingerprint density at radius 1 is 1.62 bits per heavy atom. The summed E-state index contributed by atoms with van der Waals surface area (Å²) in [6.45, 7) is 6.55. The van der Waals surface area contributed by atoms with Crippen molar-refractivity contribution in [3.05, 3.63) is 0 Å². The van der Waals surface area contributed by atoms with Gasteiger partial charge >= 0.3 is 0 Å². The van der Waals surface area contributed by atoms with Gasteiger partial charge in [-0.25, -0.2) is 0 Å². The third kappa shape index (κ3) is 1.70. The summed E-state index contributed by atoms with van der Waals surface area (Å²) in [5, 5.41) is 2.96. The average molecular weight is 182 g/mol. The van der Waals surface area contributed by atoms with Crippen LogP contribution in [0, 0.1) is 5.41 Å². The van der Waals surface area contributed by atoms with Crippen LogP contribution in [0.25, 0.3) is 0 Å². The fourth-order valence-corrected chi connectivity index (χ4v) is 2.62.